The van der Waals surface area contributed by atoms with Gasteiger partial charge in [-0.25, -0.2) is 0 Å². The van der Waals surface area contributed by atoms with Gasteiger partial charge in [-0.2, -0.15) is 0 Å². The van der Waals surface area contributed by atoms with Crippen molar-refractivity contribution in [2.75, 3.05) is 6.61 Å². The van der Waals surface area contributed by atoms with E-state index < -0.39 is 0 Å². The van der Waals surface area contributed by atoms with Crippen LogP contribution in [-0.2, 0) is 4.74 Å². The van der Waals surface area contributed by atoms with Crippen LogP contribution in [0.25, 0.3) is 0 Å². The minimum absolute atomic E-state index is 0.247. The van der Waals surface area contributed by atoms with Crippen LogP contribution in [0.4, 0.5) is 0 Å². The molecule has 0 bridgehead atoms. The van der Waals surface area contributed by atoms with Gasteiger partial charge in [0.25, 0.3) is 0 Å². The highest BCUT2D eigenvalue weighted by atomic mass is 16.5. The predicted molar refractivity (Wildman–Crippen MR) is 115 cm³/mol. The summed E-state index contributed by atoms with van der Waals surface area (Å²) in [6, 6.07) is 0. The van der Waals surface area contributed by atoms with Gasteiger partial charge in [0, 0.05) is 6.61 Å². The van der Waals surface area contributed by atoms with Crippen LogP contribution in [-0.4, -0.2) is 12.2 Å². The topological polar surface area (TPSA) is 9.23 Å². The van der Waals surface area contributed by atoms with E-state index in [-0.39, 0.29) is 5.60 Å². The highest BCUT2D eigenvalue weighted by Crippen LogP contribution is 2.45. The van der Waals surface area contributed by atoms with Crippen LogP contribution in [0.2, 0.25) is 0 Å². The van der Waals surface area contributed by atoms with E-state index in [1.54, 1.807) is 0 Å². The molecule has 0 aromatic rings. The molecule has 0 aromatic carbocycles. The first kappa shape index (κ1) is 22.3. The van der Waals surface area contributed by atoms with Crippen molar-refractivity contribution >= 4 is 0 Å². The number of ether oxygens (including phenoxy) is 1. The fourth-order valence-corrected chi connectivity index (χ4v) is 5.92. The van der Waals surface area contributed by atoms with E-state index in [0.717, 1.165) is 24.4 Å². The van der Waals surface area contributed by atoms with Gasteiger partial charge in [0.15, 0.2) is 0 Å². The Bertz CT molecular complexity index is 334. The summed E-state index contributed by atoms with van der Waals surface area (Å²) < 4.78 is 6.33. The molecule has 2 fully saturated rings. The van der Waals surface area contributed by atoms with E-state index in [4.69, 9.17) is 4.74 Å². The smallest absolute Gasteiger partial charge is 0.0682 e. The third kappa shape index (κ3) is 7.17. The summed E-state index contributed by atoms with van der Waals surface area (Å²) in [6.45, 7) is 7.72. The average molecular weight is 365 g/mol. The minimum atomic E-state index is 0.247. The summed E-state index contributed by atoms with van der Waals surface area (Å²) in [4.78, 5) is 0. The normalized spacial score (nSPS) is 32.7. The lowest BCUT2D eigenvalue weighted by molar-refractivity contribution is -0.0855. The third-order valence-electron chi connectivity index (χ3n) is 7.65. The van der Waals surface area contributed by atoms with Crippen molar-refractivity contribution in [1.82, 2.24) is 0 Å². The molecule has 26 heavy (non-hydrogen) atoms. The molecular formula is C25H48O. The number of hydrogen-bond donors (Lipinski definition) is 0. The Labute approximate surface area is 165 Å². The molecule has 0 heterocycles. The van der Waals surface area contributed by atoms with E-state index in [1.807, 2.05) is 0 Å². The quantitative estimate of drug-likeness (QED) is 0.316. The van der Waals surface area contributed by atoms with Gasteiger partial charge >= 0.3 is 0 Å². The molecule has 0 aliphatic heterocycles. The Hall–Kier alpha value is -0.0400. The highest BCUT2D eigenvalue weighted by Gasteiger charge is 2.38. The standard InChI is InChI=1S/C25H48O/c1-4-7-9-10-12-22-13-15-23(16-14-22)24-17-20-25(21-18-24,26-6-3)19-11-8-5-2/h22-24H,4-21H2,1-3H3/t22?,23?,24-,25+. The number of rotatable bonds is 12. The molecule has 1 heteroatoms. The minimum Gasteiger partial charge on any atom is -0.375 e. The Kier molecular flexibility index (Phi) is 10.6. The lowest BCUT2D eigenvalue weighted by Gasteiger charge is -2.44. The van der Waals surface area contributed by atoms with Gasteiger partial charge < -0.3 is 4.74 Å². The average Bonchev–Trinajstić information content (AvgIpc) is 2.67. The molecule has 0 atom stereocenters. The van der Waals surface area contributed by atoms with Crippen molar-refractivity contribution in [3.63, 3.8) is 0 Å². The first-order chi connectivity index (χ1) is 12.7. The molecule has 0 N–H and O–H groups in total. The summed E-state index contributed by atoms with van der Waals surface area (Å²) in [5.74, 6) is 3.11. The monoisotopic (exact) mass is 364 g/mol. The molecule has 0 radical (unpaired) electrons. The van der Waals surface area contributed by atoms with Crippen LogP contribution in [0.15, 0.2) is 0 Å². The molecule has 2 aliphatic carbocycles. The van der Waals surface area contributed by atoms with Gasteiger partial charge in [-0.3, -0.25) is 0 Å². The molecule has 0 saturated heterocycles. The summed E-state index contributed by atoms with van der Waals surface area (Å²) in [6.07, 6.45) is 24.3. The maximum atomic E-state index is 6.33. The second-order valence-electron chi connectivity index (χ2n) is 9.54. The van der Waals surface area contributed by atoms with Crippen molar-refractivity contribution in [1.29, 1.82) is 0 Å². The highest BCUT2D eigenvalue weighted by molar-refractivity contribution is 4.90. The van der Waals surface area contributed by atoms with Crippen LogP contribution in [0.3, 0.4) is 0 Å². The maximum absolute atomic E-state index is 6.33. The Balaban J connectivity index is 1.69. The van der Waals surface area contributed by atoms with E-state index in [0.29, 0.717) is 0 Å². The largest absolute Gasteiger partial charge is 0.375 e. The van der Waals surface area contributed by atoms with Crippen molar-refractivity contribution in [3.05, 3.63) is 0 Å². The molecular weight excluding hydrogens is 316 g/mol. The van der Waals surface area contributed by atoms with E-state index in [9.17, 15) is 0 Å². The summed E-state index contributed by atoms with van der Waals surface area (Å²) in [5, 5.41) is 0. The van der Waals surface area contributed by atoms with Crippen LogP contribution in [0, 0.1) is 17.8 Å². The lowest BCUT2D eigenvalue weighted by Crippen LogP contribution is -2.39. The van der Waals surface area contributed by atoms with Crippen LogP contribution < -0.4 is 0 Å². The second-order valence-corrected chi connectivity index (χ2v) is 9.54. The summed E-state index contributed by atoms with van der Waals surface area (Å²) >= 11 is 0. The number of unbranched alkanes of at least 4 members (excludes halogenated alkanes) is 5. The molecule has 1 nitrogen and oxygen atoms in total. The summed E-state index contributed by atoms with van der Waals surface area (Å²) in [7, 11) is 0. The van der Waals surface area contributed by atoms with Crippen LogP contribution in [0.1, 0.15) is 130 Å². The molecule has 0 amide bonds. The Morgan fingerprint density at radius 3 is 1.92 bits per heavy atom. The lowest BCUT2D eigenvalue weighted by atomic mass is 9.67. The van der Waals surface area contributed by atoms with Gasteiger partial charge in [0.05, 0.1) is 5.60 Å². The Morgan fingerprint density at radius 1 is 0.692 bits per heavy atom. The summed E-state index contributed by atoms with van der Waals surface area (Å²) in [5.41, 5.74) is 0.247. The predicted octanol–water partition coefficient (Wildman–Crippen LogP) is 8.31. The molecule has 2 rings (SSSR count). The molecule has 2 saturated carbocycles. The van der Waals surface area contributed by atoms with Gasteiger partial charge in [0.2, 0.25) is 0 Å². The van der Waals surface area contributed by atoms with Gasteiger partial charge in [-0.15, -0.1) is 0 Å². The van der Waals surface area contributed by atoms with Gasteiger partial charge in [0.1, 0.15) is 0 Å². The molecule has 154 valence electrons. The molecule has 0 spiro atoms. The first-order valence-electron chi connectivity index (χ1n) is 12.4. The van der Waals surface area contributed by atoms with Crippen molar-refractivity contribution < 1.29 is 4.74 Å². The Morgan fingerprint density at radius 2 is 1.31 bits per heavy atom. The van der Waals surface area contributed by atoms with Crippen molar-refractivity contribution in [2.45, 2.75) is 136 Å². The van der Waals surface area contributed by atoms with Gasteiger partial charge in [-0.05, 0) is 69.6 Å². The fraction of sp³-hybridized carbons (Fsp3) is 1.00. The molecule has 0 unspecified atom stereocenters. The van der Waals surface area contributed by atoms with Gasteiger partial charge in [-0.1, -0.05) is 78.1 Å². The molecule has 2 aliphatic rings. The van der Waals surface area contributed by atoms with Crippen LogP contribution in [0.5, 0.6) is 0 Å². The van der Waals surface area contributed by atoms with Crippen molar-refractivity contribution in [2.24, 2.45) is 17.8 Å². The zero-order valence-corrected chi connectivity index (χ0v) is 18.4. The van der Waals surface area contributed by atoms with E-state index in [1.165, 1.54) is 109 Å². The van der Waals surface area contributed by atoms with Crippen molar-refractivity contribution in [3.8, 4) is 0 Å². The van der Waals surface area contributed by atoms with E-state index >= 15 is 0 Å². The van der Waals surface area contributed by atoms with Crippen LogP contribution >= 0.6 is 0 Å². The molecule has 0 aromatic heterocycles. The SMILES string of the molecule is CCCCCCC1CCC([C@H]2CC[C@@](CCCCC)(OCC)CC2)CC1. The number of hydrogen-bond acceptors (Lipinski definition) is 1. The fourth-order valence-electron chi connectivity index (χ4n) is 5.92. The third-order valence-corrected chi connectivity index (χ3v) is 7.65. The maximum Gasteiger partial charge on any atom is 0.0682 e. The van der Waals surface area contributed by atoms with E-state index in [2.05, 4.69) is 20.8 Å². The zero-order valence-electron chi connectivity index (χ0n) is 18.4. The zero-order chi connectivity index (χ0) is 18.7. The first-order valence-corrected chi connectivity index (χ1v) is 12.4. The second kappa shape index (κ2) is 12.4.